The van der Waals surface area contributed by atoms with Gasteiger partial charge in [0.1, 0.15) is 24.0 Å². The van der Waals surface area contributed by atoms with E-state index in [4.69, 9.17) is 0 Å². The first-order chi connectivity index (χ1) is 13.1. The van der Waals surface area contributed by atoms with Gasteiger partial charge < -0.3 is 14.8 Å². The van der Waals surface area contributed by atoms with Gasteiger partial charge >= 0.3 is 0 Å². The Morgan fingerprint density at radius 3 is 2.78 bits per heavy atom. The lowest BCUT2D eigenvalue weighted by atomic mass is 10.1. The van der Waals surface area contributed by atoms with Crippen LogP contribution in [0.5, 0.6) is 0 Å². The lowest BCUT2D eigenvalue weighted by Crippen LogP contribution is -2.13. The van der Waals surface area contributed by atoms with E-state index >= 15 is 0 Å². The van der Waals surface area contributed by atoms with Gasteiger partial charge in [-0.1, -0.05) is 18.2 Å². The summed E-state index contributed by atoms with van der Waals surface area (Å²) in [5, 5.41) is 17.1. The third kappa shape index (κ3) is 3.56. The Kier molecular flexibility index (Phi) is 4.39. The van der Waals surface area contributed by atoms with E-state index in [1.54, 1.807) is 41.5 Å². The molecular formula is C19H18N6O2. The zero-order valence-electron chi connectivity index (χ0n) is 14.6. The highest BCUT2D eigenvalue weighted by Gasteiger charge is 2.13. The van der Waals surface area contributed by atoms with Gasteiger partial charge in [0.15, 0.2) is 0 Å². The van der Waals surface area contributed by atoms with Gasteiger partial charge in [0.2, 0.25) is 0 Å². The van der Waals surface area contributed by atoms with Crippen LogP contribution in [0.1, 0.15) is 27.7 Å². The zero-order chi connectivity index (χ0) is 18.8. The number of aliphatic hydroxyl groups excluding tert-OH is 1. The van der Waals surface area contributed by atoms with Crippen LogP contribution >= 0.6 is 0 Å². The number of nitrogens with zero attached hydrogens (tertiary/aromatic N) is 5. The van der Waals surface area contributed by atoms with E-state index < -0.39 is 6.10 Å². The number of rotatable bonds is 5. The van der Waals surface area contributed by atoms with Crippen LogP contribution in [0.15, 0.2) is 61.4 Å². The topological polar surface area (TPSA) is 97.3 Å². The number of amides is 1. The largest absolute Gasteiger partial charge is 0.386 e. The third-order valence-electron chi connectivity index (χ3n) is 4.29. The van der Waals surface area contributed by atoms with Crippen LogP contribution in [0.2, 0.25) is 0 Å². The van der Waals surface area contributed by atoms with Crippen molar-refractivity contribution in [3.63, 3.8) is 0 Å². The van der Waals surface area contributed by atoms with Gasteiger partial charge in [-0.15, -0.1) is 0 Å². The number of anilines is 1. The summed E-state index contributed by atoms with van der Waals surface area (Å²) in [4.78, 5) is 20.7. The average Bonchev–Trinajstić information content (AvgIpc) is 3.32. The molecule has 0 aliphatic rings. The van der Waals surface area contributed by atoms with Crippen LogP contribution in [0, 0.1) is 6.92 Å². The van der Waals surface area contributed by atoms with E-state index in [0.717, 1.165) is 16.8 Å². The van der Waals surface area contributed by atoms with Crippen molar-refractivity contribution in [2.24, 2.45) is 0 Å². The summed E-state index contributed by atoms with van der Waals surface area (Å²) in [7, 11) is 0. The van der Waals surface area contributed by atoms with Crippen molar-refractivity contribution in [1.29, 1.82) is 0 Å². The summed E-state index contributed by atoms with van der Waals surface area (Å²) in [5.41, 5.74) is 3.47. The second kappa shape index (κ2) is 7.00. The number of hydrogen-bond acceptors (Lipinski definition) is 5. The quantitative estimate of drug-likeness (QED) is 0.567. The first-order valence-corrected chi connectivity index (χ1v) is 8.46. The molecule has 0 radical (unpaired) electrons. The molecule has 2 N–H and O–H groups in total. The molecule has 1 amide bonds. The Balaban J connectivity index is 1.45. The lowest BCUT2D eigenvalue weighted by Gasteiger charge is -2.11. The molecule has 3 aromatic heterocycles. The van der Waals surface area contributed by atoms with Crippen molar-refractivity contribution in [2.45, 2.75) is 19.6 Å². The van der Waals surface area contributed by atoms with Gasteiger partial charge in [0.25, 0.3) is 5.91 Å². The maximum absolute atomic E-state index is 12.5. The number of aryl methyl sites for hydroxylation is 1. The molecule has 0 spiro atoms. The summed E-state index contributed by atoms with van der Waals surface area (Å²) in [6, 6.07) is 10.9. The fraction of sp³-hybridized carbons (Fsp3) is 0.158. The summed E-state index contributed by atoms with van der Waals surface area (Å²) in [6.07, 6.45) is 5.82. The Morgan fingerprint density at radius 2 is 2.07 bits per heavy atom. The van der Waals surface area contributed by atoms with Gasteiger partial charge in [0, 0.05) is 18.1 Å². The van der Waals surface area contributed by atoms with Crippen LogP contribution in [0.3, 0.4) is 0 Å². The second-order valence-corrected chi connectivity index (χ2v) is 6.26. The molecule has 1 aromatic carbocycles. The molecule has 136 valence electrons. The van der Waals surface area contributed by atoms with Crippen LogP contribution < -0.4 is 5.32 Å². The van der Waals surface area contributed by atoms with Crippen molar-refractivity contribution in [2.75, 3.05) is 5.32 Å². The maximum Gasteiger partial charge on any atom is 0.275 e. The van der Waals surface area contributed by atoms with E-state index in [1.165, 1.54) is 6.33 Å². The first-order valence-electron chi connectivity index (χ1n) is 8.46. The summed E-state index contributed by atoms with van der Waals surface area (Å²) >= 11 is 0. The van der Waals surface area contributed by atoms with Gasteiger partial charge in [0.05, 0.1) is 12.6 Å². The molecule has 0 fully saturated rings. The molecule has 8 heteroatoms. The second-order valence-electron chi connectivity index (χ2n) is 6.26. The fourth-order valence-electron chi connectivity index (χ4n) is 2.86. The Labute approximate surface area is 155 Å². The molecule has 1 atom stereocenters. The molecular weight excluding hydrogens is 344 g/mol. The highest BCUT2D eigenvalue weighted by atomic mass is 16.3. The van der Waals surface area contributed by atoms with Crippen LogP contribution in [-0.2, 0) is 6.54 Å². The molecule has 0 aliphatic heterocycles. The van der Waals surface area contributed by atoms with E-state index in [1.807, 2.05) is 29.7 Å². The minimum absolute atomic E-state index is 0.283. The first kappa shape index (κ1) is 16.9. The Hall–Kier alpha value is -3.52. The predicted molar refractivity (Wildman–Crippen MR) is 99.3 cm³/mol. The number of benzene rings is 1. The molecule has 4 rings (SSSR count). The standard InChI is InChI=1S/C19H18N6O2/c1-13-3-2-8-24-9-16(23-18(13)24)19(27)22-15-6-4-14(5-7-15)17(26)10-25-12-20-11-21-25/h2-9,11-12,17,26H,10H2,1H3,(H,22,27)/t17-/m0/s1. The molecule has 8 nitrogen and oxygen atoms in total. The number of carbonyl (C=O) groups excluding carboxylic acids is 1. The van der Waals surface area contributed by atoms with Crippen LogP contribution in [-0.4, -0.2) is 35.2 Å². The number of fused-ring (bicyclic) bond motifs is 1. The molecule has 0 bridgehead atoms. The van der Waals surface area contributed by atoms with Gasteiger partial charge in [-0.05, 0) is 36.2 Å². The number of aliphatic hydroxyl groups is 1. The molecule has 3 heterocycles. The van der Waals surface area contributed by atoms with Crippen LogP contribution in [0.25, 0.3) is 5.65 Å². The Bertz CT molecular complexity index is 1070. The SMILES string of the molecule is Cc1cccn2cc(C(=O)Nc3ccc([C@@H](O)Cn4cncn4)cc3)nc12. The minimum atomic E-state index is -0.710. The van der Waals surface area contributed by atoms with Gasteiger partial charge in [-0.3, -0.25) is 9.48 Å². The summed E-state index contributed by atoms with van der Waals surface area (Å²) < 4.78 is 3.39. The number of hydrogen-bond donors (Lipinski definition) is 2. The smallest absolute Gasteiger partial charge is 0.275 e. The van der Waals surface area contributed by atoms with Crippen molar-refractivity contribution in [3.05, 3.63) is 78.3 Å². The number of pyridine rings is 1. The van der Waals surface area contributed by atoms with Gasteiger partial charge in [-0.25, -0.2) is 9.97 Å². The highest BCUT2D eigenvalue weighted by Crippen LogP contribution is 2.18. The molecule has 0 saturated carbocycles. The van der Waals surface area contributed by atoms with Crippen LogP contribution in [0.4, 0.5) is 5.69 Å². The molecule has 0 aliphatic carbocycles. The van der Waals surface area contributed by atoms with Crippen molar-refractivity contribution >= 4 is 17.2 Å². The number of aromatic nitrogens is 5. The van der Waals surface area contributed by atoms with Crippen molar-refractivity contribution in [3.8, 4) is 0 Å². The van der Waals surface area contributed by atoms with Crippen molar-refractivity contribution in [1.82, 2.24) is 24.1 Å². The van der Waals surface area contributed by atoms with E-state index in [2.05, 4.69) is 20.4 Å². The molecule has 4 aromatic rings. The minimum Gasteiger partial charge on any atom is -0.386 e. The van der Waals surface area contributed by atoms with Crippen molar-refractivity contribution < 1.29 is 9.90 Å². The summed E-state index contributed by atoms with van der Waals surface area (Å²) in [5.74, 6) is -0.283. The number of carbonyl (C=O) groups is 1. The highest BCUT2D eigenvalue weighted by molar-refractivity contribution is 6.03. The molecule has 0 unspecified atom stereocenters. The average molecular weight is 362 g/mol. The van der Waals surface area contributed by atoms with E-state index in [-0.39, 0.29) is 5.91 Å². The number of nitrogens with one attached hydrogen (secondary N) is 1. The Morgan fingerprint density at radius 1 is 1.26 bits per heavy atom. The van der Waals surface area contributed by atoms with Gasteiger partial charge in [-0.2, -0.15) is 5.10 Å². The summed E-state index contributed by atoms with van der Waals surface area (Å²) in [6.45, 7) is 2.26. The fourth-order valence-corrected chi connectivity index (χ4v) is 2.86. The lowest BCUT2D eigenvalue weighted by molar-refractivity contribution is 0.102. The zero-order valence-corrected chi connectivity index (χ0v) is 14.6. The normalized spacial score (nSPS) is 12.2. The third-order valence-corrected chi connectivity index (χ3v) is 4.29. The predicted octanol–water partition coefficient (Wildman–Crippen LogP) is 2.22. The number of imidazole rings is 1. The van der Waals surface area contributed by atoms with E-state index in [0.29, 0.717) is 17.9 Å². The molecule has 27 heavy (non-hydrogen) atoms. The molecule has 0 saturated heterocycles. The maximum atomic E-state index is 12.5. The van der Waals surface area contributed by atoms with E-state index in [9.17, 15) is 9.90 Å². The monoisotopic (exact) mass is 362 g/mol.